The second-order valence-electron chi connectivity index (χ2n) is 11.4. The van der Waals surface area contributed by atoms with Gasteiger partial charge in [0.15, 0.2) is 21.5 Å². The molecule has 13 heteroatoms. The number of benzene rings is 3. The largest absolute Gasteiger partial charge is 0.494 e. The summed E-state index contributed by atoms with van der Waals surface area (Å²) in [6.45, 7) is 0.343. The van der Waals surface area contributed by atoms with E-state index in [1.165, 1.54) is 12.1 Å². The summed E-state index contributed by atoms with van der Waals surface area (Å²) in [5.74, 6) is -0.240. The van der Waals surface area contributed by atoms with Crippen LogP contribution in [0.4, 0.5) is 5.69 Å². The van der Waals surface area contributed by atoms with E-state index in [0.717, 1.165) is 0 Å². The van der Waals surface area contributed by atoms with E-state index in [2.05, 4.69) is 15.3 Å². The molecule has 12 nitrogen and oxygen atoms in total. The van der Waals surface area contributed by atoms with Crippen molar-refractivity contribution in [3.63, 3.8) is 0 Å². The molecule has 242 valence electrons. The van der Waals surface area contributed by atoms with Gasteiger partial charge in [-0.05, 0) is 67.6 Å². The highest BCUT2D eigenvalue weighted by Gasteiger charge is 2.54. The predicted molar refractivity (Wildman–Crippen MR) is 171 cm³/mol. The first-order valence-electron chi connectivity index (χ1n) is 15.3. The van der Waals surface area contributed by atoms with Crippen molar-refractivity contribution in [3.8, 4) is 5.75 Å². The van der Waals surface area contributed by atoms with E-state index >= 15 is 0 Å². The molecule has 3 N–H and O–H groups in total. The van der Waals surface area contributed by atoms with Gasteiger partial charge in [-0.25, -0.2) is 13.4 Å². The van der Waals surface area contributed by atoms with Crippen molar-refractivity contribution in [1.29, 1.82) is 0 Å². The summed E-state index contributed by atoms with van der Waals surface area (Å²) >= 11 is 0. The molecule has 0 radical (unpaired) electrons. The van der Waals surface area contributed by atoms with Crippen molar-refractivity contribution in [2.24, 2.45) is 10.1 Å². The third-order valence-electron chi connectivity index (χ3n) is 8.29. The Bertz CT molecular complexity index is 1690. The van der Waals surface area contributed by atoms with Crippen LogP contribution < -0.4 is 10.1 Å². The van der Waals surface area contributed by atoms with Crippen LogP contribution in [0.15, 0.2) is 93.9 Å². The summed E-state index contributed by atoms with van der Waals surface area (Å²) in [5.41, 5.74) is 8.70. The number of aliphatic hydroxyl groups excluding tert-OH is 2. The lowest BCUT2D eigenvalue weighted by Gasteiger charge is -2.34. The van der Waals surface area contributed by atoms with Gasteiger partial charge in [-0.1, -0.05) is 47.6 Å². The van der Waals surface area contributed by atoms with Gasteiger partial charge in [-0.2, -0.15) is 0 Å². The molecule has 46 heavy (non-hydrogen) atoms. The van der Waals surface area contributed by atoms with Crippen LogP contribution in [0, 0.1) is 0 Å². The Hall–Kier alpha value is -4.42. The van der Waals surface area contributed by atoms with Crippen molar-refractivity contribution in [2.45, 2.75) is 67.2 Å². The number of amides is 1. The van der Waals surface area contributed by atoms with Crippen molar-refractivity contribution < 1.29 is 32.9 Å². The summed E-state index contributed by atoms with van der Waals surface area (Å²) in [6, 6.07) is 21.3. The van der Waals surface area contributed by atoms with Gasteiger partial charge in [-0.3, -0.25) is 4.79 Å². The molecule has 0 spiro atoms. The van der Waals surface area contributed by atoms with Gasteiger partial charge in [0.2, 0.25) is 5.90 Å². The van der Waals surface area contributed by atoms with Gasteiger partial charge in [0.1, 0.15) is 5.75 Å². The fourth-order valence-corrected chi connectivity index (χ4v) is 7.15. The first kappa shape index (κ1) is 33.0. The first-order chi connectivity index (χ1) is 22.3. The monoisotopic (exact) mass is 647 g/mol. The van der Waals surface area contributed by atoms with Gasteiger partial charge in [-0.15, -0.1) is 0 Å². The molecule has 1 heterocycles. The molecule has 1 aliphatic carbocycles. The van der Waals surface area contributed by atoms with Crippen LogP contribution >= 0.6 is 0 Å². The molecule has 0 aromatic heterocycles. The summed E-state index contributed by atoms with van der Waals surface area (Å²) in [5, 5.41) is 26.0. The topological polar surface area (TPSA) is 183 Å². The molecule has 1 fully saturated rings. The number of nitrogens with zero attached hydrogens (tertiary/aromatic N) is 4. The number of aliphatic hydroxyl groups is 2. The van der Waals surface area contributed by atoms with Crippen LogP contribution in [0.25, 0.3) is 10.4 Å². The highest BCUT2D eigenvalue weighted by atomic mass is 32.2. The molecule has 0 bridgehead atoms. The molecular weight excluding hydrogens is 610 g/mol. The molecule has 3 aromatic carbocycles. The number of azide groups is 1. The Kier molecular flexibility index (Phi) is 10.6. The second kappa shape index (κ2) is 14.8. The van der Waals surface area contributed by atoms with Gasteiger partial charge in [0.05, 0.1) is 23.4 Å². The van der Waals surface area contributed by atoms with Gasteiger partial charge >= 0.3 is 0 Å². The third kappa shape index (κ3) is 7.51. The third-order valence-corrected chi connectivity index (χ3v) is 10.0. The maximum absolute atomic E-state index is 14.5. The normalized spacial score (nSPS) is 22.7. The maximum Gasteiger partial charge on any atom is 0.252 e. The fraction of sp³-hybridized carbons (Fsp3) is 0.394. The standard InChI is InChI=1S/C33H37N5O7S/c34-38-37-29-10-5-4-9-28(29)30-33(32(41)35-24-13-15-25(40)16-14-24,19-22-46(42,43)27-7-2-1-3-8-27)36-31(45-30)23-11-17-26(18-12-23)44-21-6-20-39/h1-5,7-12,17-18,24-25,30,39-40H,6,13-16,19-22H2,(H,35,41)/t24?,25?,30-,33-/m1/s1. The Morgan fingerprint density at radius 2 is 1.74 bits per heavy atom. The Morgan fingerprint density at radius 1 is 1.04 bits per heavy atom. The number of nitrogens with one attached hydrogen (secondary N) is 1. The smallest absolute Gasteiger partial charge is 0.252 e. The average molecular weight is 648 g/mol. The molecule has 0 saturated heterocycles. The highest BCUT2D eigenvalue weighted by molar-refractivity contribution is 7.91. The zero-order valence-electron chi connectivity index (χ0n) is 25.2. The number of aliphatic imine (C=N–C) groups is 1. The molecule has 1 amide bonds. The molecule has 1 saturated carbocycles. The van der Waals surface area contributed by atoms with Crippen LogP contribution in [0.1, 0.15) is 55.8 Å². The molecule has 5 rings (SSSR count). The van der Waals surface area contributed by atoms with E-state index < -0.39 is 39.2 Å². The number of hydrogen-bond donors (Lipinski definition) is 3. The average Bonchev–Trinajstić information content (AvgIpc) is 3.47. The minimum Gasteiger partial charge on any atom is -0.494 e. The van der Waals surface area contributed by atoms with E-state index in [0.29, 0.717) is 55.6 Å². The van der Waals surface area contributed by atoms with E-state index in [1.807, 2.05) is 0 Å². The summed E-state index contributed by atoms with van der Waals surface area (Å²) in [7, 11) is -3.84. The first-order valence-corrected chi connectivity index (χ1v) is 16.9. The fourth-order valence-electron chi connectivity index (χ4n) is 5.76. The molecular formula is C33H37N5O7S. The Balaban J connectivity index is 1.58. The highest BCUT2D eigenvalue weighted by Crippen LogP contribution is 2.46. The summed E-state index contributed by atoms with van der Waals surface area (Å²) < 4.78 is 39.2. The van der Waals surface area contributed by atoms with E-state index in [4.69, 9.17) is 19.6 Å². The quantitative estimate of drug-likeness (QED) is 0.102. The SMILES string of the molecule is [N-]=[N+]=Nc1ccccc1[C@H]1OC(c2ccc(OCCCO)cc2)=N[C@@]1(CCS(=O)(=O)c1ccccc1)C(=O)NC1CCC(O)CC1. The summed E-state index contributed by atoms with van der Waals surface area (Å²) in [4.78, 5) is 22.5. The van der Waals surface area contributed by atoms with Gasteiger partial charge < -0.3 is 25.0 Å². The number of carbonyl (C=O) groups is 1. The van der Waals surface area contributed by atoms with E-state index in [9.17, 15) is 23.8 Å². The Labute approximate surface area is 267 Å². The van der Waals surface area contributed by atoms with Crippen LogP contribution in [0.5, 0.6) is 5.75 Å². The molecule has 2 aliphatic rings. The van der Waals surface area contributed by atoms with Crippen LogP contribution in [0.2, 0.25) is 0 Å². The van der Waals surface area contributed by atoms with Gasteiger partial charge in [0, 0.05) is 47.2 Å². The maximum atomic E-state index is 14.5. The molecule has 0 unspecified atom stereocenters. The van der Waals surface area contributed by atoms with Crippen molar-refractivity contribution in [3.05, 3.63) is 100 Å². The number of ether oxygens (including phenoxy) is 2. The number of rotatable bonds is 13. The molecule has 3 aromatic rings. The number of hydrogen-bond acceptors (Lipinski definition) is 9. The van der Waals surface area contributed by atoms with Crippen molar-refractivity contribution in [2.75, 3.05) is 19.0 Å². The lowest BCUT2D eigenvalue weighted by atomic mass is 9.83. The lowest BCUT2D eigenvalue weighted by Crippen LogP contribution is -2.53. The Morgan fingerprint density at radius 3 is 2.43 bits per heavy atom. The van der Waals surface area contributed by atoms with Crippen LogP contribution in [-0.2, 0) is 19.4 Å². The number of sulfone groups is 1. The van der Waals surface area contributed by atoms with Crippen LogP contribution in [0.3, 0.4) is 0 Å². The van der Waals surface area contributed by atoms with Crippen molar-refractivity contribution >= 4 is 27.3 Å². The number of carbonyl (C=O) groups excluding carboxylic acids is 1. The predicted octanol–water partition coefficient (Wildman–Crippen LogP) is 4.93. The van der Waals surface area contributed by atoms with E-state index in [1.54, 1.807) is 66.7 Å². The lowest BCUT2D eigenvalue weighted by molar-refractivity contribution is -0.130. The minimum atomic E-state index is -3.84. The van der Waals surface area contributed by atoms with Crippen LogP contribution in [-0.4, -0.2) is 67.1 Å². The zero-order chi connectivity index (χ0) is 32.6. The second-order valence-corrected chi connectivity index (χ2v) is 13.5. The molecule has 1 aliphatic heterocycles. The van der Waals surface area contributed by atoms with Crippen molar-refractivity contribution in [1.82, 2.24) is 5.32 Å². The summed E-state index contributed by atoms with van der Waals surface area (Å²) in [6.07, 6.45) is 0.852. The molecule has 2 atom stereocenters. The van der Waals surface area contributed by atoms with E-state index in [-0.39, 0.29) is 35.6 Å². The zero-order valence-corrected chi connectivity index (χ0v) is 26.1. The minimum absolute atomic E-state index is 0.00696. The van der Waals surface area contributed by atoms with Gasteiger partial charge in [0.25, 0.3) is 5.91 Å².